The molecule has 0 aliphatic rings. The van der Waals surface area contributed by atoms with Crippen molar-refractivity contribution in [1.82, 2.24) is 0 Å². The van der Waals surface area contributed by atoms with Crippen molar-refractivity contribution in [3.05, 3.63) is 75.9 Å². The smallest absolute Gasteiger partial charge is 0.255 e. The van der Waals surface area contributed by atoms with Crippen molar-refractivity contribution >= 4 is 45.0 Å². The fraction of sp³-hybridized carbons (Fsp3) is 0. The van der Waals surface area contributed by atoms with Crippen molar-refractivity contribution in [2.24, 2.45) is 0 Å². The molecule has 0 fully saturated rings. The zero-order valence-electron chi connectivity index (χ0n) is 10.6. The first kappa shape index (κ1) is 13.1. The fourth-order valence-corrected chi connectivity index (χ4v) is 2.64. The number of carbonyl (C=O) groups excluding carboxylic acids is 1. The Balaban J connectivity index is 1.87. The number of halogens is 1. The van der Waals surface area contributed by atoms with Crippen LogP contribution in [-0.4, -0.2) is 5.91 Å². The normalized spacial score (nSPS) is 10.4. The van der Waals surface area contributed by atoms with Gasteiger partial charge in [-0.25, -0.2) is 0 Å². The molecule has 3 aromatic rings. The lowest BCUT2D eigenvalue weighted by atomic mass is 10.1. The molecule has 98 valence electrons. The largest absolute Gasteiger partial charge is 0.322 e. The average molecular weight is 373 g/mol. The van der Waals surface area contributed by atoms with Gasteiger partial charge >= 0.3 is 0 Å². The van der Waals surface area contributed by atoms with Crippen LogP contribution in [0.15, 0.2) is 66.7 Å². The van der Waals surface area contributed by atoms with Crippen molar-refractivity contribution < 1.29 is 4.79 Å². The second-order valence-corrected chi connectivity index (χ2v) is 5.77. The molecule has 0 aliphatic heterocycles. The average Bonchev–Trinajstić information content (AvgIpc) is 2.47. The van der Waals surface area contributed by atoms with Crippen molar-refractivity contribution in [3.8, 4) is 0 Å². The Hall–Kier alpha value is -1.88. The molecule has 0 saturated heterocycles. The molecule has 0 atom stereocenters. The maximum absolute atomic E-state index is 12.2. The lowest BCUT2D eigenvalue weighted by molar-refractivity contribution is 0.102. The van der Waals surface area contributed by atoms with E-state index in [1.807, 2.05) is 60.7 Å². The standard InChI is InChI=1S/C17H12INO/c18-15-7-3-6-14(10-15)17(20)19-16-9-8-12-4-1-2-5-13(12)11-16/h1-11H,(H,19,20). The van der Waals surface area contributed by atoms with Gasteiger partial charge in [0.15, 0.2) is 0 Å². The highest BCUT2D eigenvalue weighted by Crippen LogP contribution is 2.19. The molecular weight excluding hydrogens is 361 g/mol. The topological polar surface area (TPSA) is 29.1 Å². The number of benzene rings is 3. The first-order valence-corrected chi connectivity index (χ1v) is 7.36. The Kier molecular flexibility index (Phi) is 3.69. The fourth-order valence-electron chi connectivity index (χ4n) is 2.10. The van der Waals surface area contributed by atoms with Crippen LogP contribution in [0.1, 0.15) is 10.4 Å². The van der Waals surface area contributed by atoms with E-state index in [4.69, 9.17) is 0 Å². The van der Waals surface area contributed by atoms with E-state index < -0.39 is 0 Å². The van der Waals surface area contributed by atoms with E-state index >= 15 is 0 Å². The van der Waals surface area contributed by atoms with Gasteiger partial charge in [-0.1, -0.05) is 36.4 Å². The van der Waals surface area contributed by atoms with Crippen molar-refractivity contribution in [1.29, 1.82) is 0 Å². The van der Waals surface area contributed by atoms with Crippen LogP contribution in [0.25, 0.3) is 10.8 Å². The van der Waals surface area contributed by atoms with Gasteiger partial charge in [0.25, 0.3) is 5.91 Å². The highest BCUT2D eigenvalue weighted by atomic mass is 127. The summed E-state index contributed by atoms with van der Waals surface area (Å²) in [6, 6.07) is 21.6. The molecule has 0 unspecified atom stereocenters. The third-order valence-corrected chi connectivity index (χ3v) is 3.77. The second kappa shape index (κ2) is 5.63. The van der Waals surface area contributed by atoms with Crippen molar-refractivity contribution in [2.45, 2.75) is 0 Å². The van der Waals surface area contributed by atoms with Crippen LogP contribution in [0.5, 0.6) is 0 Å². The minimum atomic E-state index is -0.0844. The number of hydrogen-bond acceptors (Lipinski definition) is 1. The van der Waals surface area contributed by atoms with Gasteiger partial charge < -0.3 is 5.32 Å². The van der Waals surface area contributed by atoms with Crippen LogP contribution in [0.3, 0.4) is 0 Å². The zero-order valence-corrected chi connectivity index (χ0v) is 12.8. The number of rotatable bonds is 2. The molecule has 0 aromatic heterocycles. The molecule has 3 aromatic carbocycles. The van der Waals surface area contributed by atoms with Gasteiger partial charge in [0.1, 0.15) is 0 Å². The molecule has 20 heavy (non-hydrogen) atoms. The molecule has 2 nitrogen and oxygen atoms in total. The van der Waals surface area contributed by atoms with Gasteiger partial charge in [0, 0.05) is 14.8 Å². The summed E-state index contributed by atoms with van der Waals surface area (Å²) in [5.41, 5.74) is 1.48. The Labute approximate surface area is 131 Å². The molecule has 3 heteroatoms. The molecular formula is C17H12INO. The number of hydrogen-bond donors (Lipinski definition) is 1. The first-order valence-electron chi connectivity index (χ1n) is 6.28. The van der Waals surface area contributed by atoms with Crippen LogP contribution in [0, 0.1) is 3.57 Å². The summed E-state index contributed by atoms with van der Waals surface area (Å²) >= 11 is 2.20. The van der Waals surface area contributed by atoms with Gasteiger partial charge in [0.05, 0.1) is 0 Å². The third kappa shape index (κ3) is 2.82. The Morgan fingerprint density at radius 1 is 0.850 bits per heavy atom. The SMILES string of the molecule is O=C(Nc1ccc2ccccc2c1)c1cccc(I)c1. The van der Waals surface area contributed by atoms with E-state index in [9.17, 15) is 4.79 Å². The molecule has 0 heterocycles. The van der Waals surface area contributed by atoms with Gasteiger partial charge in [-0.3, -0.25) is 4.79 Å². The number of amides is 1. The maximum atomic E-state index is 12.2. The van der Waals surface area contributed by atoms with E-state index in [0.717, 1.165) is 14.6 Å². The number of nitrogens with one attached hydrogen (secondary N) is 1. The van der Waals surface area contributed by atoms with E-state index in [1.54, 1.807) is 0 Å². The van der Waals surface area contributed by atoms with Gasteiger partial charge in [-0.2, -0.15) is 0 Å². The zero-order chi connectivity index (χ0) is 13.9. The van der Waals surface area contributed by atoms with E-state index in [0.29, 0.717) is 5.56 Å². The van der Waals surface area contributed by atoms with Crippen LogP contribution in [0.4, 0.5) is 5.69 Å². The molecule has 1 N–H and O–H groups in total. The summed E-state index contributed by atoms with van der Waals surface area (Å²) < 4.78 is 1.05. The molecule has 0 spiro atoms. The third-order valence-electron chi connectivity index (χ3n) is 3.09. The molecule has 3 rings (SSSR count). The summed E-state index contributed by atoms with van der Waals surface area (Å²) in [4.78, 5) is 12.2. The lowest BCUT2D eigenvalue weighted by Gasteiger charge is -2.07. The summed E-state index contributed by atoms with van der Waals surface area (Å²) in [5.74, 6) is -0.0844. The Morgan fingerprint density at radius 2 is 1.65 bits per heavy atom. The maximum Gasteiger partial charge on any atom is 0.255 e. The Morgan fingerprint density at radius 3 is 2.45 bits per heavy atom. The first-order chi connectivity index (χ1) is 9.72. The van der Waals surface area contributed by atoms with E-state index in [-0.39, 0.29) is 5.91 Å². The van der Waals surface area contributed by atoms with Gasteiger partial charge in [-0.15, -0.1) is 0 Å². The van der Waals surface area contributed by atoms with Crippen molar-refractivity contribution in [2.75, 3.05) is 5.32 Å². The molecule has 0 bridgehead atoms. The molecule has 0 radical (unpaired) electrons. The van der Waals surface area contributed by atoms with Crippen LogP contribution in [-0.2, 0) is 0 Å². The second-order valence-electron chi connectivity index (χ2n) is 4.53. The quantitative estimate of drug-likeness (QED) is 0.649. The van der Waals surface area contributed by atoms with E-state index in [1.165, 1.54) is 5.39 Å². The molecule has 1 amide bonds. The Bertz CT molecular complexity index is 783. The van der Waals surface area contributed by atoms with Crippen LogP contribution < -0.4 is 5.32 Å². The highest BCUT2D eigenvalue weighted by molar-refractivity contribution is 14.1. The summed E-state index contributed by atoms with van der Waals surface area (Å²) in [6.07, 6.45) is 0. The minimum Gasteiger partial charge on any atom is -0.322 e. The molecule has 0 aliphatic carbocycles. The number of fused-ring (bicyclic) bond motifs is 1. The minimum absolute atomic E-state index is 0.0844. The lowest BCUT2D eigenvalue weighted by Crippen LogP contribution is -2.11. The van der Waals surface area contributed by atoms with Crippen LogP contribution >= 0.6 is 22.6 Å². The van der Waals surface area contributed by atoms with Gasteiger partial charge in [0.2, 0.25) is 0 Å². The number of anilines is 1. The molecule has 0 saturated carbocycles. The summed E-state index contributed by atoms with van der Waals surface area (Å²) in [6.45, 7) is 0. The van der Waals surface area contributed by atoms with Gasteiger partial charge in [-0.05, 0) is 63.7 Å². The van der Waals surface area contributed by atoms with Crippen LogP contribution in [0.2, 0.25) is 0 Å². The van der Waals surface area contributed by atoms with E-state index in [2.05, 4.69) is 34.0 Å². The highest BCUT2D eigenvalue weighted by Gasteiger charge is 2.06. The monoisotopic (exact) mass is 373 g/mol. The number of carbonyl (C=O) groups is 1. The van der Waals surface area contributed by atoms with Crippen molar-refractivity contribution in [3.63, 3.8) is 0 Å². The summed E-state index contributed by atoms with van der Waals surface area (Å²) in [7, 11) is 0. The summed E-state index contributed by atoms with van der Waals surface area (Å²) in [5, 5.41) is 5.22. The predicted molar refractivity (Wildman–Crippen MR) is 91.1 cm³/mol. The predicted octanol–water partition coefficient (Wildman–Crippen LogP) is 4.70.